The van der Waals surface area contributed by atoms with Crippen molar-refractivity contribution in [2.45, 2.75) is 25.2 Å². The molecule has 3 rings (SSSR count). The number of aryl methyl sites for hydroxylation is 2. The molecule has 0 spiro atoms. The molecule has 0 radical (unpaired) electrons. The third-order valence-electron chi connectivity index (χ3n) is 4.10. The van der Waals surface area contributed by atoms with Gasteiger partial charge in [-0.3, -0.25) is 4.99 Å². The fraction of sp³-hybridized carbons (Fsp3) is 0.136. The molecule has 0 aliphatic rings. The molecule has 0 N–H and O–H groups in total. The molecule has 3 aromatic carbocycles. The van der Waals surface area contributed by atoms with Crippen molar-refractivity contribution >= 4 is 22.0 Å². The van der Waals surface area contributed by atoms with E-state index in [0.29, 0.717) is 0 Å². The summed E-state index contributed by atoms with van der Waals surface area (Å²) < 4.78 is 29.8. The van der Waals surface area contributed by atoms with E-state index in [2.05, 4.69) is 24.0 Å². The average molecular weight is 379 g/mol. The molecule has 0 unspecified atom stereocenters. The minimum atomic E-state index is -3.84. The number of hydrogen-bond acceptors (Lipinski definition) is 4. The van der Waals surface area contributed by atoms with E-state index in [1.807, 2.05) is 19.1 Å². The standard InChI is InChI=1S/C22H21NO3S/c1-3-18-6-10-20(11-7-18)23-16-19-8-12-21(13-9-19)26-27(24,25)22-14-4-17(2)5-15-22/h4-16H,3H2,1-2H3. The zero-order valence-corrected chi connectivity index (χ0v) is 16.1. The monoisotopic (exact) mass is 379 g/mol. The summed E-state index contributed by atoms with van der Waals surface area (Å²) in [5.41, 5.74) is 3.98. The molecule has 0 amide bonds. The van der Waals surface area contributed by atoms with E-state index in [-0.39, 0.29) is 10.6 Å². The third kappa shape index (κ3) is 5.05. The van der Waals surface area contributed by atoms with Crippen LogP contribution < -0.4 is 4.18 Å². The molecule has 5 heteroatoms. The zero-order valence-electron chi connectivity index (χ0n) is 15.3. The topological polar surface area (TPSA) is 55.7 Å². The molecular formula is C22H21NO3S. The van der Waals surface area contributed by atoms with Crippen LogP contribution in [0.15, 0.2) is 82.7 Å². The summed E-state index contributed by atoms with van der Waals surface area (Å²) in [5, 5.41) is 0. The van der Waals surface area contributed by atoms with Gasteiger partial charge in [-0.15, -0.1) is 0 Å². The van der Waals surface area contributed by atoms with Crippen LogP contribution in [0, 0.1) is 6.92 Å². The molecule has 4 nitrogen and oxygen atoms in total. The van der Waals surface area contributed by atoms with Gasteiger partial charge in [-0.05, 0) is 73.0 Å². The van der Waals surface area contributed by atoms with Crippen LogP contribution in [0.25, 0.3) is 0 Å². The van der Waals surface area contributed by atoms with Crippen LogP contribution in [0.5, 0.6) is 5.75 Å². The Hall–Kier alpha value is -2.92. The summed E-state index contributed by atoms with van der Waals surface area (Å²) in [6.45, 7) is 4.01. The molecule has 27 heavy (non-hydrogen) atoms. The Labute approximate surface area is 160 Å². The highest BCUT2D eigenvalue weighted by Crippen LogP contribution is 2.20. The van der Waals surface area contributed by atoms with Crippen LogP contribution in [0.1, 0.15) is 23.6 Å². The van der Waals surface area contributed by atoms with Crippen LogP contribution in [-0.2, 0) is 16.5 Å². The van der Waals surface area contributed by atoms with Crippen LogP contribution >= 0.6 is 0 Å². The Balaban J connectivity index is 1.69. The van der Waals surface area contributed by atoms with Crippen molar-refractivity contribution < 1.29 is 12.6 Å². The van der Waals surface area contributed by atoms with Crippen molar-refractivity contribution in [3.05, 3.63) is 89.5 Å². The molecule has 0 heterocycles. The quantitative estimate of drug-likeness (QED) is 0.443. The van der Waals surface area contributed by atoms with E-state index in [9.17, 15) is 8.42 Å². The van der Waals surface area contributed by atoms with Gasteiger partial charge in [0.2, 0.25) is 0 Å². The van der Waals surface area contributed by atoms with Crippen molar-refractivity contribution in [3.63, 3.8) is 0 Å². The van der Waals surface area contributed by atoms with E-state index in [1.54, 1.807) is 42.6 Å². The predicted molar refractivity (Wildman–Crippen MR) is 109 cm³/mol. The SMILES string of the molecule is CCc1ccc(N=Cc2ccc(OS(=O)(=O)c3ccc(C)cc3)cc2)cc1. The Morgan fingerprint density at radius 3 is 2.11 bits per heavy atom. The smallest absolute Gasteiger partial charge is 0.339 e. The minimum absolute atomic E-state index is 0.134. The van der Waals surface area contributed by atoms with Gasteiger partial charge in [0, 0.05) is 6.21 Å². The lowest BCUT2D eigenvalue weighted by Crippen LogP contribution is -2.09. The molecule has 0 bridgehead atoms. The fourth-order valence-electron chi connectivity index (χ4n) is 2.46. The van der Waals surface area contributed by atoms with Gasteiger partial charge in [-0.2, -0.15) is 8.42 Å². The maximum atomic E-state index is 12.3. The van der Waals surface area contributed by atoms with E-state index < -0.39 is 10.1 Å². The van der Waals surface area contributed by atoms with Crippen molar-refractivity contribution in [3.8, 4) is 5.75 Å². The average Bonchev–Trinajstić information content (AvgIpc) is 2.68. The molecule has 0 aromatic heterocycles. The summed E-state index contributed by atoms with van der Waals surface area (Å²) >= 11 is 0. The maximum absolute atomic E-state index is 12.3. The molecule has 138 valence electrons. The molecule has 0 aliphatic heterocycles. The summed E-state index contributed by atoms with van der Waals surface area (Å²) in [4.78, 5) is 4.56. The van der Waals surface area contributed by atoms with Gasteiger partial charge in [0.25, 0.3) is 0 Å². The maximum Gasteiger partial charge on any atom is 0.339 e. The number of nitrogens with zero attached hydrogens (tertiary/aromatic N) is 1. The largest absolute Gasteiger partial charge is 0.379 e. The van der Waals surface area contributed by atoms with Gasteiger partial charge in [0.15, 0.2) is 0 Å². The van der Waals surface area contributed by atoms with Gasteiger partial charge in [0.1, 0.15) is 10.6 Å². The first-order valence-corrected chi connectivity index (χ1v) is 10.1. The van der Waals surface area contributed by atoms with Crippen LogP contribution in [0.4, 0.5) is 5.69 Å². The molecule has 0 aliphatic carbocycles. The third-order valence-corrected chi connectivity index (χ3v) is 5.36. The van der Waals surface area contributed by atoms with Crippen molar-refractivity contribution in [2.75, 3.05) is 0 Å². The minimum Gasteiger partial charge on any atom is -0.379 e. The number of hydrogen-bond donors (Lipinski definition) is 0. The highest BCUT2D eigenvalue weighted by Gasteiger charge is 2.16. The van der Waals surface area contributed by atoms with Gasteiger partial charge < -0.3 is 4.18 Å². The van der Waals surface area contributed by atoms with Crippen LogP contribution in [0.2, 0.25) is 0 Å². The van der Waals surface area contributed by atoms with Gasteiger partial charge in [0.05, 0.1) is 5.69 Å². The van der Waals surface area contributed by atoms with Crippen molar-refractivity contribution in [1.82, 2.24) is 0 Å². The summed E-state index contributed by atoms with van der Waals surface area (Å²) in [6.07, 6.45) is 2.73. The van der Waals surface area contributed by atoms with E-state index >= 15 is 0 Å². The van der Waals surface area contributed by atoms with E-state index in [0.717, 1.165) is 23.2 Å². The molecule has 0 atom stereocenters. The Morgan fingerprint density at radius 2 is 1.52 bits per heavy atom. The molecule has 0 saturated carbocycles. The lowest BCUT2D eigenvalue weighted by molar-refractivity contribution is 0.486. The predicted octanol–water partition coefficient (Wildman–Crippen LogP) is 5.08. The van der Waals surface area contributed by atoms with Gasteiger partial charge in [-0.1, -0.05) is 36.8 Å². The second-order valence-corrected chi connectivity index (χ2v) is 7.74. The molecular weight excluding hydrogens is 358 g/mol. The number of rotatable bonds is 6. The Bertz CT molecular complexity index is 1020. The highest BCUT2D eigenvalue weighted by molar-refractivity contribution is 7.87. The first-order chi connectivity index (χ1) is 13.0. The van der Waals surface area contributed by atoms with Crippen molar-refractivity contribution in [2.24, 2.45) is 4.99 Å². The number of aliphatic imine (C=N–C) groups is 1. The number of benzene rings is 3. The second kappa shape index (κ2) is 8.18. The van der Waals surface area contributed by atoms with Crippen molar-refractivity contribution in [1.29, 1.82) is 0 Å². The first-order valence-electron chi connectivity index (χ1n) is 8.70. The lowest BCUT2D eigenvalue weighted by atomic mass is 10.1. The zero-order chi connectivity index (χ0) is 19.3. The summed E-state index contributed by atoms with van der Waals surface area (Å²) in [7, 11) is -3.84. The fourth-order valence-corrected chi connectivity index (χ4v) is 3.39. The molecule has 3 aromatic rings. The van der Waals surface area contributed by atoms with E-state index in [4.69, 9.17) is 4.18 Å². The first kappa shape index (κ1) is 18.9. The van der Waals surface area contributed by atoms with E-state index in [1.165, 1.54) is 17.7 Å². The lowest BCUT2D eigenvalue weighted by Gasteiger charge is -2.07. The Kier molecular flexibility index (Phi) is 5.72. The molecule has 0 fully saturated rings. The van der Waals surface area contributed by atoms with Crippen LogP contribution in [0.3, 0.4) is 0 Å². The van der Waals surface area contributed by atoms with Gasteiger partial charge in [-0.25, -0.2) is 0 Å². The molecule has 0 saturated heterocycles. The summed E-state index contributed by atoms with van der Waals surface area (Å²) in [6, 6.07) is 21.4. The second-order valence-electron chi connectivity index (χ2n) is 6.20. The Morgan fingerprint density at radius 1 is 0.889 bits per heavy atom. The summed E-state index contributed by atoms with van der Waals surface area (Å²) in [5.74, 6) is 0.264. The highest BCUT2D eigenvalue weighted by atomic mass is 32.2. The normalized spacial score (nSPS) is 11.6. The van der Waals surface area contributed by atoms with Gasteiger partial charge >= 0.3 is 10.1 Å². The van der Waals surface area contributed by atoms with Crippen LogP contribution in [-0.4, -0.2) is 14.6 Å².